The van der Waals surface area contributed by atoms with Gasteiger partial charge in [-0.3, -0.25) is 4.79 Å². The van der Waals surface area contributed by atoms with Gasteiger partial charge < -0.3 is 9.73 Å². The van der Waals surface area contributed by atoms with E-state index in [0.717, 1.165) is 31.2 Å². The highest BCUT2D eigenvalue weighted by molar-refractivity contribution is 7.16. The van der Waals surface area contributed by atoms with Gasteiger partial charge >= 0.3 is 0 Å². The molecule has 0 aromatic carbocycles. The molecule has 1 aliphatic carbocycles. The molecule has 136 valence electrons. The van der Waals surface area contributed by atoms with Crippen LogP contribution in [0.2, 0.25) is 0 Å². The van der Waals surface area contributed by atoms with Gasteiger partial charge in [0.25, 0.3) is 0 Å². The quantitative estimate of drug-likeness (QED) is 0.718. The van der Waals surface area contributed by atoms with Crippen molar-refractivity contribution in [3.63, 3.8) is 0 Å². The molecule has 4 nitrogen and oxygen atoms in total. The van der Waals surface area contributed by atoms with Crippen molar-refractivity contribution < 1.29 is 9.21 Å². The molecule has 0 fully saturated rings. The lowest BCUT2D eigenvalue weighted by molar-refractivity contribution is -0.111. The summed E-state index contributed by atoms with van der Waals surface area (Å²) in [5.74, 6) is 0.991. The van der Waals surface area contributed by atoms with Gasteiger partial charge in [-0.25, -0.2) is 0 Å². The van der Waals surface area contributed by atoms with Crippen LogP contribution in [0.15, 0.2) is 28.9 Å². The van der Waals surface area contributed by atoms with Crippen LogP contribution in [0, 0.1) is 22.7 Å². The predicted octanol–water partition coefficient (Wildman–Crippen LogP) is 5.41. The van der Waals surface area contributed by atoms with Crippen LogP contribution in [0.25, 0.3) is 6.08 Å². The van der Waals surface area contributed by atoms with Gasteiger partial charge in [-0.2, -0.15) is 5.26 Å². The molecule has 0 bridgehead atoms. The van der Waals surface area contributed by atoms with Gasteiger partial charge in [0.2, 0.25) is 5.91 Å². The molecule has 0 saturated carbocycles. The van der Waals surface area contributed by atoms with E-state index < -0.39 is 0 Å². The molecule has 2 heterocycles. The largest absolute Gasteiger partial charge is 0.465 e. The summed E-state index contributed by atoms with van der Waals surface area (Å²) in [5.41, 5.74) is 2.06. The van der Waals surface area contributed by atoms with Crippen molar-refractivity contribution in [1.82, 2.24) is 0 Å². The lowest BCUT2D eigenvalue weighted by Gasteiger charge is -2.36. The van der Waals surface area contributed by atoms with E-state index in [-0.39, 0.29) is 5.91 Å². The Kier molecular flexibility index (Phi) is 5.33. The highest BCUT2D eigenvalue weighted by Gasteiger charge is 2.33. The standard InChI is InChI=1S/C21H24N2O2S/c1-4-21(2,3)14-7-9-16-17(13-22)20(26-18(16)12-14)23-19(24)10-8-15-6-5-11-25-15/h5-6,8,10-11,14H,4,7,9,12H2,1-3H3,(H,23,24). The van der Waals surface area contributed by atoms with Crippen LogP contribution in [-0.4, -0.2) is 5.91 Å². The Labute approximate surface area is 158 Å². The second kappa shape index (κ2) is 7.51. The van der Waals surface area contributed by atoms with Gasteiger partial charge in [-0.15, -0.1) is 11.3 Å². The summed E-state index contributed by atoms with van der Waals surface area (Å²) in [5, 5.41) is 13.1. The van der Waals surface area contributed by atoms with Crippen molar-refractivity contribution in [2.45, 2.75) is 46.5 Å². The summed E-state index contributed by atoms with van der Waals surface area (Å²) in [6, 6.07) is 5.85. The average Bonchev–Trinajstić information content (AvgIpc) is 3.26. The average molecular weight is 369 g/mol. The molecule has 1 aliphatic rings. The predicted molar refractivity (Wildman–Crippen MR) is 105 cm³/mol. The number of amides is 1. The van der Waals surface area contributed by atoms with Crippen LogP contribution in [-0.2, 0) is 17.6 Å². The maximum absolute atomic E-state index is 12.2. The van der Waals surface area contributed by atoms with E-state index in [4.69, 9.17) is 4.42 Å². The number of hydrogen-bond donors (Lipinski definition) is 1. The first kappa shape index (κ1) is 18.5. The molecule has 0 spiro atoms. The zero-order valence-corrected chi connectivity index (χ0v) is 16.3. The number of furan rings is 1. The van der Waals surface area contributed by atoms with E-state index in [9.17, 15) is 10.1 Å². The fourth-order valence-corrected chi connectivity index (χ4v) is 4.73. The highest BCUT2D eigenvalue weighted by atomic mass is 32.1. The van der Waals surface area contributed by atoms with Crippen molar-refractivity contribution in [1.29, 1.82) is 5.26 Å². The van der Waals surface area contributed by atoms with Crippen LogP contribution < -0.4 is 5.32 Å². The van der Waals surface area contributed by atoms with Gasteiger partial charge in [-0.05, 0) is 54.4 Å². The fourth-order valence-electron chi connectivity index (χ4n) is 3.45. The number of carbonyl (C=O) groups excluding carboxylic acids is 1. The van der Waals surface area contributed by atoms with E-state index in [1.54, 1.807) is 35.8 Å². The smallest absolute Gasteiger partial charge is 0.249 e. The summed E-state index contributed by atoms with van der Waals surface area (Å²) in [6.45, 7) is 6.88. The molecule has 0 saturated heterocycles. The van der Waals surface area contributed by atoms with Crippen LogP contribution in [0.3, 0.4) is 0 Å². The van der Waals surface area contributed by atoms with Crippen LogP contribution in [0.4, 0.5) is 5.00 Å². The minimum absolute atomic E-state index is 0.248. The van der Waals surface area contributed by atoms with Crippen LogP contribution >= 0.6 is 11.3 Å². The molecular weight excluding hydrogens is 344 g/mol. The first-order valence-corrected chi connectivity index (χ1v) is 9.83. The molecule has 1 unspecified atom stereocenters. The maximum Gasteiger partial charge on any atom is 0.249 e. The van der Waals surface area contributed by atoms with Gasteiger partial charge in [0, 0.05) is 11.0 Å². The lowest BCUT2D eigenvalue weighted by Crippen LogP contribution is -2.28. The number of nitrogens with zero attached hydrogens (tertiary/aromatic N) is 1. The van der Waals surface area contributed by atoms with E-state index in [1.807, 2.05) is 0 Å². The maximum atomic E-state index is 12.2. The normalized spacial score (nSPS) is 17.1. The van der Waals surface area contributed by atoms with Crippen molar-refractivity contribution in [3.8, 4) is 6.07 Å². The summed E-state index contributed by atoms with van der Waals surface area (Å²) >= 11 is 1.56. The van der Waals surface area contributed by atoms with E-state index in [1.165, 1.54) is 11.0 Å². The number of fused-ring (bicyclic) bond motifs is 1. The van der Waals surface area contributed by atoms with Gasteiger partial charge in [0.1, 0.15) is 16.8 Å². The number of anilines is 1. The Balaban J connectivity index is 1.78. The van der Waals surface area contributed by atoms with Crippen LogP contribution in [0.1, 0.15) is 55.4 Å². The monoisotopic (exact) mass is 368 g/mol. The molecule has 1 N–H and O–H groups in total. The zero-order valence-electron chi connectivity index (χ0n) is 15.5. The first-order chi connectivity index (χ1) is 12.4. The molecular formula is C21H24N2O2S. The molecule has 0 radical (unpaired) electrons. The number of thiophene rings is 1. The molecule has 5 heteroatoms. The number of nitrogens with one attached hydrogen (secondary N) is 1. The summed E-state index contributed by atoms with van der Waals surface area (Å²) in [7, 11) is 0. The Bertz CT molecular complexity index is 853. The second-order valence-corrected chi connectivity index (χ2v) is 8.54. The first-order valence-electron chi connectivity index (χ1n) is 9.01. The highest BCUT2D eigenvalue weighted by Crippen LogP contribution is 2.45. The second-order valence-electron chi connectivity index (χ2n) is 7.44. The number of nitriles is 1. The van der Waals surface area contributed by atoms with Gasteiger partial charge in [0.15, 0.2) is 0 Å². The van der Waals surface area contributed by atoms with E-state index >= 15 is 0 Å². The Hall–Kier alpha value is -2.32. The third-order valence-corrected chi connectivity index (χ3v) is 6.74. The number of carbonyl (C=O) groups is 1. The summed E-state index contributed by atoms with van der Waals surface area (Å²) in [6.07, 6.45) is 8.77. The SMILES string of the molecule is CCC(C)(C)C1CCc2c(sc(NC(=O)C=Cc3ccco3)c2C#N)C1. The topological polar surface area (TPSA) is 66.0 Å². The van der Waals surface area contributed by atoms with Crippen molar-refractivity contribution in [2.24, 2.45) is 11.3 Å². The Morgan fingerprint density at radius 3 is 3.00 bits per heavy atom. The number of hydrogen-bond acceptors (Lipinski definition) is 4. The Morgan fingerprint density at radius 1 is 1.54 bits per heavy atom. The van der Waals surface area contributed by atoms with Gasteiger partial charge in [0.05, 0.1) is 11.8 Å². The fraction of sp³-hybridized carbons (Fsp3) is 0.429. The third-order valence-electron chi connectivity index (χ3n) is 5.57. The molecule has 2 aromatic rings. The summed E-state index contributed by atoms with van der Waals surface area (Å²) in [4.78, 5) is 13.5. The molecule has 3 rings (SSSR count). The van der Waals surface area contributed by atoms with Crippen molar-refractivity contribution in [2.75, 3.05) is 5.32 Å². The molecule has 0 aliphatic heterocycles. The van der Waals surface area contributed by atoms with Crippen molar-refractivity contribution in [3.05, 3.63) is 46.2 Å². The van der Waals surface area contributed by atoms with Crippen molar-refractivity contribution >= 4 is 28.3 Å². The molecule has 1 amide bonds. The minimum atomic E-state index is -0.248. The minimum Gasteiger partial charge on any atom is -0.465 e. The Morgan fingerprint density at radius 2 is 2.35 bits per heavy atom. The van der Waals surface area contributed by atoms with E-state index in [2.05, 4.69) is 32.2 Å². The molecule has 2 aromatic heterocycles. The zero-order chi connectivity index (χ0) is 18.7. The molecule has 1 atom stereocenters. The molecule has 26 heavy (non-hydrogen) atoms. The van der Waals surface area contributed by atoms with Crippen LogP contribution in [0.5, 0.6) is 0 Å². The lowest BCUT2D eigenvalue weighted by atomic mass is 9.69. The summed E-state index contributed by atoms with van der Waals surface area (Å²) < 4.78 is 5.18. The van der Waals surface area contributed by atoms with E-state index in [0.29, 0.717) is 27.7 Å². The van der Waals surface area contributed by atoms with Gasteiger partial charge in [-0.1, -0.05) is 27.2 Å². The number of rotatable bonds is 5. The third kappa shape index (κ3) is 3.76.